The van der Waals surface area contributed by atoms with E-state index in [4.69, 9.17) is 16.3 Å². The number of rotatable bonds is 5. The lowest BCUT2D eigenvalue weighted by Crippen LogP contribution is -2.16. The Balaban J connectivity index is 1.69. The fourth-order valence-corrected chi connectivity index (χ4v) is 4.98. The zero-order valence-electron chi connectivity index (χ0n) is 17.1. The van der Waals surface area contributed by atoms with E-state index in [9.17, 15) is 9.59 Å². The summed E-state index contributed by atoms with van der Waals surface area (Å²) in [6.45, 7) is 1.91. The van der Waals surface area contributed by atoms with E-state index in [1.807, 2.05) is 61.5 Å². The van der Waals surface area contributed by atoms with Crippen molar-refractivity contribution in [3.8, 4) is 11.1 Å². The number of aryl methyl sites for hydroxylation is 1. The smallest absolute Gasteiger partial charge is 0.341 e. The predicted molar refractivity (Wildman–Crippen MR) is 127 cm³/mol. The van der Waals surface area contributed by atoms with Crippen LogP contribution in [0.3, 0.4) is 0 Å². The molecule has 1 heterocycles. The van der Waals surface area contributed by atoms with Gasteiger partial charge in [-0.1, -0.05) is 66.2 Å². The zero-order valence-corrected chi connectivity index (χ0v) is 18.6. The summed E-state index contributed by atoms with van der Waals surface area (Å²) in [5, 5.41) is 6.10. The Labute approximate surface area is 189 Å². The number of ether oxygens (including phenoxy) is 1. The van der Waals surface area contributed by atoms with E-state index in [1.165, 1.54) is 18.4 Å². The van der Waals surface area contributed by atoms with Crippen molar-refractivity contribution in [2.75, 3.05) is 12.4 Å². The highest BCUT2D eigenvalue weighted by molar-refractivity contribution is 7.17. The van der Waals surface area contributed by atoms with Crippen LogP contribution in [0.4, 0.5) is 5.00 Å². The largest absolute Gasteiger partial charge is 0.465 e. The Morgan fingerprint density at radius 1 is 1.03 bits per heavy atom. The fourth-order valence-electron chi connectivity index (χ4n) is 3.71. The maximum Gasteiger partial charge on any atom is 0.341 e. The summed E-state index contributed by atoms with van der Waals surface area (Å²) >= 11 is 7.51. The van der Waals surface area contributed by atoms with E-state index in [1.54, 1.807) is 12.1 Å². The first-order chi connectivity index (χ1) is 15.0. The topological polar surface area (TPSA) is 55.4 Å². The number of anilines is 1. The van der Waals surface area contributed by atoms with Crippen LogP contribution in [0.1, 0.15) is 20.8 Å². The van der Waals surface area contributed by atoms with Crippen molar-refractivity contribution in [3.63, 3.8) is 0 Å². The highest BCUT2D eigenvalue weighted by atomic mass is 35.5. The summed E-state index contributed by atoms with van der Waals surface area (Å²) in [7, 11) is 1.33. The molecule has 4 rings (SSSR count). The van der Waals surface area contributed by atoms with Gasteiger partial charge in [0.05, 0.1) is 13.5 Å². The zero-order chi connectivity index (χ0) is 22.0. The average Bonchev–Trinajstić information content (AvgIpc) is 3.08. The monoisotopic (exact) mass is 449 g/mol. The van der Waals surface area contributed by atoms with Gasteiger partial charge in [0.15, 0.2) is 0 Å². The molecular formula is C25H20ClNO3S. The van der Waals surface area contributed by atoms with Crippen LogP contribution in [0, 0.1) is 6.92 Å². The van der Waals surface area contributed by atoms with E-state index in [0.717, 1.165) is 32.3 Å². The molecular weight excluding hydrogens is 430 g/mol. The third-order valence-corrected chi connectivity index (χ3v) is 6.33. The molecule has 0 saturated carbocycles. The van der Waals surface area contributed by atoms with Gasteiger partial charge in [0.1, 0.15) is 10.6 Å². The molecule has 0 aliphatic heterocycles. The third kappa shape index (κ3) is 4.33. The Bertz CT molecular complexity index is 1290. The molecule has 4 aromatic rings. The van der Waals surface area contributed by atoms with Crippen LogP contribution >= 0.6 is 22.9 Å². The number of fused-ring (bicyclic) bond motifs is 1. The molecule has 0 atom stereocenters. The molecule has 0 aliphatic carbocycles. The van der Waals surface area contributed by atoms with Crippen molar-refractivity contribution in [2.24, 2.45) is 0 Å². The van der Waals surface area contributed by atoms with Crippen molar-refractivity contribution in [2.45, 2.75) is 13.3 Å². The van der Waals surface area contributed by atoms with E-state index < -0.39 is 5.97 Å². The predicted octanol–water partition coefficient (Wildman–Crippen LogP) is 6.50. The average molecular weight is 450 g/mol. The van der Waals surface area contributed by atoms with Crippen LogP contribution < -0.4 is 5.32 Å². The normalized spacial score (nSPS) is 10.8. The number of esters is 1. The third-order valence-electron chi connectivity index (χ3n) is 5.07. The maximum atomic E-state index is 12.9. The Morgan fingerprint density at radius 3 is 2.55 bits per heavy atom. The first-order valence-corrected chi connectivity index (χ1v) is 10.9. The van der Waals surface area contributed by atoms with Crippen molar-refractivity contribution >= 4 is 50.6 Å². The quantitative estimate of drug-likeness (QED) is 0.354. The number of carbonyl (C=O) groups is 2. The van der Waals surface area contributed by atoms with E-state index >= 15 is 0 Å². The van der Waals surface area contributed by atoms with E-state index in [-0.39, 0.29) is 12.3 Å². The molecule has 1 aromatic heterocycles. The number of hydrogen-bond acceptors (Lipinski definition) is 4. The van der Waals surface area contributed by atoms with Gasteiger partial charge in [-0.15, -0.1) is 11.3 Å². The molecule has 0 unspecified atom stereocenters. The molecule has 1 amide bonds. The number of methoxy groups -OCH3 is 1. The highest BCUT2D eigenvalue weighted by Gasteiger charge is 2.25. The molecule has 0 spiro atoms. The summed E-state index contributed by atoms with van der Waals surface area (Å²) in [5.74, 6) is -0.694. The minimum Gasteiger partial charge on any atom is -0.465 e. The lowest BCUT2D eigenvalue weighted by atomic mass is 10.0. The number of benzene rings is 3. The SMILES string of the molecule is COC(=O)c1c(NC(=O)Cc2cccc3ccccc23)sc(C)c1-c1cccc(Cl)c1. The second kappa shape index (κ2) is 8.92. The van der Waals surface area contributed by atoms with Gasteiger partial charge in [0, 0.05) is 15.5 Å². The van der Waals surface area contributed by atoms with Gasteiger partial charge in [-0.3, -0.25) is 4.79 Å². The van der Waals surface area contributed by atoms with Crippen molar-refractivity contribution in [3.05, 3.63) is 87.8 Å². The van der Waals surface area contributed by atoms with Gasteiger partial charge in [-0.2, -0.15) is 0 Å². The molecule has 1 N–H and O–H groups in total. The summed E-state index contributed by atoms with van der Waals surface area (Å²) in [6, 6.07) is 21.1. The molecule has 0 aliphatic rings. The second-order valence-electron chi connectivity index (χ2n) is 7.10. The lowest BCUT2D eigenvalue weighted by Gasteiger charge is -2.09. The van der Waals surface area contributed by atoms with Gasteiger partial charge in [-0.05, 0) is 41.0 Å². The van der Waals surface area contributed by atoms with Gasteiger partial charge >= 0.3 is 5.97 Å². The standard InChI is InChI=1S/C25H20ClNO3S/c1-15-22(18-10-6-11-19(26)13-18)23(25(29)30-2)24(31-15)27-21(28)14-17-9-5-8-16-7-3-4-12-20(16)17/h3-13H,14H2,1-2H3,(H,27,28). The number of halogens is 1. The summed E-state index contributed by atoms with van der Waals surface area (Å²) < 4.78 is 5.02. The number of nitrogens with one attached hydrogen (secondary N) is 1. The molecule has 31 heavy (non-hydrogen) atoms. The minimum atomic E-state index is -0.500. The van der Waals surface area contributed by atoms with Crippen LogP contribution in [0.5, 0.6) is 0 Å². The number of thiophene rings is 1. The molecule has 0 radical (unpaired) electrons. The molecule has 4 nitrogen and oxygen atoms in total. The van der Waals surface area contributed by atoms with E-state index in [0.29, 0.717) is 15.6 Å². The summed E-state index contributed by atoms with van der Waals surface area (Å²) in [4.78, 5) is 26.5. The van der Waals surface area contributed by atoms with Crippen molar-refractivity contribution < 1.29 is 14.3 Å². The highest BCUT2D eigenvalue weighted by Crippen LogP contribution is 2.41. The summed E-state index contributed by atoms with van der Waals surface area (Å²) in [5.41, 5.74) is 2.80. The Kier molecular flexibility index (Phi) is 6.07. The van der Waals surface area contributed by atoms with Crippen LogP contribution in [0.15, 0.2) is 66.7 Å². The van der Waals surface area contributed by atoms with Crippen LogP contribution in [-0.4, -0.2) is 19.0 Å². The van der Waals surface area contributed by atoms with Gasteiger partial charge < -0.3 is 10.1 Å². The lowest BCUT2D eigenvalue weighted by molar-refractivity contribution is -0.115. The van der Waals surface area contributed by atoms with Crippen LogP contribution in [0.25, 0.3) is 21.9 Å². The Hall–Kier alpha value is -3.15. The van der Waals surface area contributed by atoms with Crippen LogP contribution in [0.2, 0.25) is 5.02 Å². The first-order valence-electron chi connectivity index (χ1n) is 9.72. The molecule has 0 fully saturated rings. The molecule has 0 bridgehead atoms. The first kappa shape index (κ1) is 21.1. The number of amides is 1. The van der Waals surface area contributed by atoms with Crippen molar-refractivity contribution in [1.29, 1.82) is 0 Å². The van der Waals surface area contributed by atoms with Gasteiger partial charge in [0.2, 0.25) is 5.91 Å². The molecule has 6 heteroatoms. The Morgan fingerprint density at radius 2 is 1.77 bits per heavy atom. The van der Waals surface area contributed by atoms with Crippen molar-refractivity contribution in [1.82, 2.24) is 0 Å². The van der Waals surface area contributed by atoms with E-state index in [2.05, 4.69) is 5.32 Å². The fraction of sp³-hybridized carbons (Fsp3) is 0.120. The number of hydrogen-bond donors (Lipinski definition) is 1. The molecule has 3 aromatic carbocycles. The number of carbonyl (C=O) groups excluding carboxylic acids is 2. The molecule has 0 saturated heterocycles. The maximum absolute atomic E-state index is 12.9. The second-order valence-corrected chi connectivity index (χ2v) is 8.76. The summed E-state index contributed by atoms with van der Waals surface area (Å²) in [6.07, 6.45) is 0.200. The van der Waals surface area contributed by atoms with Gasteiger partial charge in [0.25, 0.3) is 0 Å². The van der Waals surface area contributed by atoms with Gasteiger partial charge in [-0.25, -0.2) is 4.79 Å². The molecule has 156 valence electrons. The van der Waals surface area contributed by atoms with Crippen LogP contribution in [-0.2, 0) is 16.0 Å². The minimum absolute atomic E-state index is 0.194.